The summed E-state index contributed by atoms with van der Waals surface area (Å²) in [7, 11) is 0. The Morgan fingerprint density at radius 2 is 1.53 bits per heavy atom. The van der Waals surface area contributed by atoms with Crippen LogP contribution in [0.15, 0.2) is 55.1 Å². The SMILES string of the molecule is Cc1ccccc1C(=O)NNc1ncnc(NNC(=O)c2ccncc2)c1[N+](=O)[O-]. The number of carbonyl (C=O) groups is 2. The lowest BCUT2D eigenvalue weighted by atomic mass is 10.1. The molecule has 30 heavy (non-hydrogen) atoms. The Bertz CT molecular complexity index is 1090. The highest BCUT2D eigenvalue weighted by Gasteiger charge is 2.24. The molecule has 2 aromatic heterocycles. The van der Waals surface area contributed by atoms with Gasteiger partial charge in [-0.3, -0.25) is 46.4 Å². The number of anilines is 2. The van der Waals surface area contributed by atoms with Gasteiger partial charge in [0.2, 0.25) is 11.6 Å². The summed E-state index contributed by atoms with van der Waals surface area (Å²) in [4.78, 5) is 46.6. The van der Waals surface area contributed by atoms with E-state index in [4.69, 9.17) is 0 Å². The largest absolute Gasteiger partial charge is 0.356 e. The van der Waals surface area contributed by atoms with Gasteiger partial charge in [0.1, 0.15) is 6.33 Å². The summed E-state index contributed by atoms with van der Waals surface area (Å²) in [6.07, 6.45) is 3.90. The molecule has 3 rings (SSSR count). The van der Waals surface area contributed by atoms with Crippen molar-refractivity contribution in [3.63, 3.8) is 0 Å². The second-order valence-corrected chi connectivity index (χ2v) is 5.89. The Labute approximate surface area is 169 Å². The van der Waals surface area contributed by atoms with Crippen molar-refractivity contribution in [2.45, 2.75) is 6.92 Å². The molecule has 0 aliphatic heterocycles. The number of aromatic nitrogens is 3. The van der Waals surface area contributed by atoms with Crippen LogP contribution in [-0.4, -0.2) is 31.7 Å². The van der Waals surface area contributed by atoms with Crippen LogP contribution in [-0.2, 0) is 0 Å². The molecule has 2 heterocycles. The van der Waals surface area contributed by atoms with Gasteiger partial charge in [-0.2, -0.15) is 0 Å². The molecule has 152 valence electrons. The quantitative estimate of drug-likeness (QED) is 0.336. The first-order chi connectivity index (χ1) is 14.5. The van der Waals surface area contributed by atoms with E-state index in [0.717, 1.165) is 11.9 Å². The zero-order valence-corrected chi connectivity index (χ0v) is 15.6. The first-order valence-electron chi connectivity index (χ1n) is 8.55. The maximum atomic E-state index is 12.3. The number of hydrogen-bond donors (Lipinski definition) is 4. The van der Waals surface area contributed by atoms with Gasteiger partial charge in [-0.15, -0.1) is 0 Å². The van der Waals surface area contributed by atoms with Gasteiger partial charge in [0.15, 0.2) is 0 Å². The normalized spacial score (nSPS) is 10.0. The highest BCUT2D eigenvalue weighted by molar-refractivity contribution is 5.96. The number of nitrogens with one attached hydrogen (secondary N) is 4. The molecule has 12 nitrogen and oxygen atoms in total. The first kappa shape index (κ1) is 20.1. The summed E-state index contributed by atoms with van der Waals surface area (Å²) in [5, 5.41) is 11.5. The smallest absolute Gasteiger partial charge is 0.276 e. The van der Waals surface area contributed by atoms with E-state index in [9.17, 15) is 19.7 Å². The predicted octanol–water partition coefficient (Wildman–Crippen LogP) is 1.60. The molecule has 0 atom stereocenters. The van der Waals surface area contributed by atoms with Gasteiger partial charge in [-0.05, 0) is 30.7 Å². The molecule has 0 fully saturated rings. The predicted molar refractivity (Wildman–Crippen MR) is 106 cm³/mol. The highest BCUT2D eigenvalue weighted by atomic mass is 16.6. The summed E-state index contributed by atoms with van der Waals surface area (Å²) < 4.78 is 0. The monoisotopic (exact) mass is 408 g/mol. The van der Waals surface area contributed by atoms with E-state index in [1.165, 1.54) is 24.5 Å². The van der Waals surface area contributed by atoms with Crippen LogP contribution in [0.2, 0.25) is 0 Å². The molecule has 0 unspecified atom stereocenters. The Morgan fingerprint density at radius 3 is 2.13 bits per heavy atom. The minimum atomic E-state index is -0.747. The molecule has 0 radical (unpaired) electrons. The zero-order valence-electron chi connectivity index (χ0n) is 15.6. The Kier molecular flexibility index (Phi) is 6.08. The summed E-state index contributed by atoms with van der Waals surface area (Å²) in [6.45, 7) is 1.76. The maximum Gasteiger partial charge on any atom is 0.356 e. The fraction of sp³-hybridized carbons (Fsp3) is 0.0556. The van der Waals surface area contributed by atoms with Gasteiger partial charge in [-0.1, -0.05) is 18.2 Å². The number of aryl methyl sites for hydroxylation is 1. The number of nitro groups is 1. The average Bonchev–Trinajstić information content (AvgIpc) is 2.76. The van der Waals surface area contributed by atoms with E-state index in [2.05, 4.69) is 36.7 Å². The highest BCUT2D eigenvalue weighted by Crippen LogP contribution is 2.27. The van der Waals surface area contributed by atoms with Crippen LogP contribution < -0.4 is 21.7 Å². The molecule has 0 saturated carbocycles. The van der Waals surface area contributed by atoms with Crippen molar-refractivity contribution in [2.75, 3.05) is 10.9 Å². The van der Waals surface area contributed by atoms with Crippen molar-refractivity contribution < 1.29 is 14.5 Å². The van der Waals surface area contributed by atoms with E-state index in [-0.39, 0.29) is 17.2 Å². The molecule has 0 spiro atoms. The number of pyridine rings is 1. The number of nitrogens with zero attached hydrogens (tertiary/aromatic N) is 4. The lowest BCUT2D eigenvalue weighted by Crippen LogP contribution is -2.32. The van der Waals surface area contributed by atoms with Crippen LogP contribution in [0.4, 0.5) is 17.3 Å². The molecule has 0 saturated heterocycles. The van der Waals surface area contributed by atoms with Crippen molar-refractivity contribution in [1.29, 1.82) is 0 Å². The summed E-state index contributed by atoms with van der Waals surface area (Å²) in [5.74, 6) is -1.59. The number of amides is 2. The van der Waals surface area contributed by atoms with Crippen LogP contribution in [0, 0.1) is 17.0 Å². The number of rotatable bonds is 7. The van der Waals surface area contributed by atoms with Gasteiger partial charge in [-0.25, -0.2) is 9.97 Å². The van der Waals surface area contributed by atoms with Gasteiger partial charge >= 0.3 is 5.69 Å². The van der Waals surface area contributed by atoms with E-state index in [1.807, 2.05) is 0 Å². The standard InChI is InChI=1S/C18H16N8O4/c1-11-4-2-3-5-13(11)18(28)25-23-16-14(26(29)30)15(20-10-21-16)22-24-17(27)12-6-8-19-9-7-12/h2-10H,1H3,(H,24,27)(H,25,28)(H2,20,21,22,23). The molecule has 4 N–H and O–H groups in total. The van der Waals surface area contributed by atoms with Crippen LogP contribution >= 0.6 is 0 Å². The number of benzene rings is 1. The fourth-order valence-corrected chi connectivity index (χ4v) is 2.44. The van der Waals surface area contributed by atoms with Gasteiger partial charge in [0.25, 0.3) is 11.8 Å². The van der Waals surface area contributed by atoms with Crippen molar-refractivity contribution >= 4 is 29.1 Å². The lowest BCUT2D eigenvalue weighted by Gasteiger charge is -2.12. The van der Waals surface area contributed by atoms with E-state index >= 15 is 0 Å². The summed E-state index contributed by atoms with van der Waals surface area (Å²) in [5.41, 5.74) is 10.3. The lowest BCUT2D eigenvalue weighted by molar-refractivity contribution is -0.383. The minimum Gasteiger partial charge on any atom is -0.276 e. The Morgan fingerprint density at radius 1 is 0.933 bits per heavy atom. The number of hydrazine groups is 2. The van der Waals surface area contributed by atoms with Gasteiger partial charge in [0, 0.05) is 23.5 Å². The molecule has 1 aromatic carbocycles. The zero-order chi connectivity index (χ0) is 21.5. The molecule has 0 aliphatic carbocycles. The average molecular weight is 408 g/mol. The van der Waals surface area contributed by atoms with Crippen molar-refractivity contribution in [1.82, 2.24) is 25.8 Å². The Hall–Kier alpha value is -4.61. The van der Waals surface area contributed by atoms with Crippen molar-refractivity contribution in [2.24, 2.45) is 0 Å². The molecular formula is C18H16N8O4. The topological polar surface area (TPSA) is 164 Å². The van der Waals surface area contributed by atoms with Crippen LogP contribution in [0.1, 0.15) is 26.3 Å². The van der Waals surface area contributed by atoms with Crippen molar-refractivity contribution in [3.8, 4) is 0 Å². The molecule has 0 aliphatic rings. The van der Waals surface area contributed by atoms with Crippen LogP contribution in [0.3, 0.4) is 0 Å². The molecular weight excluding hydrogens is 392 g/mol. The van der Waals surface area contributed by atoms with Crippen LogP contribution in [0.5, 0.6) is 0 Å². The van der Waals surface area contributed by atoms with Gasteiger partial charge < -0.3 is 0 Å². The second-order valence-electron chi connectivity index (χ2n) is 5.89. The van der Waals surface area contributed by atoms with E-state index < -0.39 is 22.4 Å². The first-order valence-corrected chi connectivity index (χ1v) is 8.55. The second kappa shape index (κ2) is 9.05. The third kappa shape index (κ3) is 4.62. The number of hydrogen-bond acceptors (Lipinski definition) is 9. The molecule has 12 heteroatoms. The third-order valence-corrected chi connectivity index (χ3v) is 3.93. The molecule has 3 aromatic rings. The van der Waals surface area contributed by atoms with Crippen LogP contribution in [0.25, 0.3) is 0 Å². The third-order valence-electron chi connectivity index (χ3n) is 3.93. The van der Waals surface area contributed by atoms with E-state index in [0.29, 0.717) is 5.56 Å². The van der Waals surface area contributed by atoms with Gasteiger partial charge in [0.05, 0.1) is 4.92 Å². The molecule has 0 bridgehead atoms. The maximum absolute atomic E-state index is 12.3. The summed E-state index contributed by atoms with van der Waals surface area (Å²) >= 11 is 0. The summed E-state index contributed by atoms with van der Waals surface area (Å²) in [6, 6.07) is 9.80. The van der Waals surface area contributed by atoms with E-state index in [1.54, 1.807) is 31.2 Å². The number of carbonyl (C=O) groups excluding carboxylic acids is 2. The molecule has 2 amide bonds. The minimum absolute atomic E-state index is 0.266. The Balaban J connectivity index is 1.74. The van der Waals surface area contributed by atoms with Crippen molar-refractivity contribution in [3.05, 3.63) is 81.9 Å². The fourth-order valence-electron chi connectivity index (χ4n) is 2.44.